The monoisotopic (exact) mass is 384 g/mol. The first-order valence-electron chi connectivity index (χ1n) is 8.22. The van der Waals surface area contributed by atoms with Gasteiger partial charge in [-0.25, -0.2) is 4.98 Å². The van der Waals surface area contributed by atoms with Crippen molar-refractivity contribution in [2.45, 2.75) is 6.42 Å². The van der Waals surface area contributed by atoms with E-state index in [1.165, 1.54) is 18.4 Å². The number of nitrogens with one attached hydrogen (secondary N) is 1. The molecule has 7 heteroatoms. The Morgan fingerprint density at radius 2 is 1.96 bits per heavy atom. The third-order valence-corrected chi connectivity index (χ3v) is 4.94. The number of benzene rings is 2. The molecule has 6 nitrogen and oxygen atoms in total. The zero-order valence-corrected chi connectivity index (χ0v) is 16.2. The highest BCUT2D eigenvalue weighted by atomic mass is 32.1. The molecule has 0 aliphatic heterocycles. The first-order valence-corrected chi connectivity index (χ1v) is 9.03. The van der Waals surface area contributed by atoms with E-state index in [1.807, 2.05) is 18.2 Å². The minimum atomic E-state index is -0.278. The summed E-state index contributed by atoms with van der Waals surface area (Å²) in [5.74, 6) is 1.48. The summed E-state index contributed by atoms with van der Waals surface area (Å²) in [6.07, 6.45) is 2.30. The molecule has 0 aliphatic rings. The van der Waals surface area contributed by atoms with Gasteiger partial charge in [0.05, 0.1) is 26.0 Å². The Morgan fingerprint density at radius 1 is 1.19 bits per heavy atom. The van der Waals surface area contributed by atoms with Crippen LogP contribution < -0.4 is 19.5 Å². The quantitative estimate of drug-likeness (QED) is 0.615. The fourth-order valence-corrected chi connectivity index (χ4v) is 3.67. The fourth-order valence-electron chi connectivity index (χ4n) is 2.79. The second-order valence-corrected chi connectivity index (χ2v) is 6.67. The maximum Gasteiger partial charge on any atom is 0.257 e. The van der Waals surface area contributed by atoms with Gasteiger partial charge in [0.2, 0.25) is 0 Å². The van der Waals surface area contributed by atoms with Gasteiger partial charge in [0.1, 0.15) is 11.3 Å². The van der Waals surface area contributed by atoms with E-state index in [1.54, 1.807) is 32.4 Å². The van der Waals surface area contributed by atoms with Crippen LogP contribution in [0, 0.1) is 0 Å². The van der Waals surface area contributed by atoms with E-state index in [0.717, 1.165) is 15.8 Å². The average Bonchev–Trinajstić information content (AvgIpc) is 3.09. The van der Waals surface area contributed by atoms with Crippen LogP contribution in [0.1, 0.15) is 15.9 Å². The highest BCUT2D eigenvalue weighted by Gasteiger charge is 2.17. The highest BCUT2D eigenvalue weighted by molar-refractivity contribution is 7.22. The van der Waals surface area contributed by atoms with Crippen LogP contribution in [-0.4, -0.2) is 32.2 Å². The van der Waals surface area contributed by atoms with Crippen LogP contribution in [0.4, 0.5) is 5.13 Å². The summed E-state index contributed by atoms with van der Waals surface area (Å²) >= 11 is 1.39. The van der Waals surface area contributed by atoms with Gasteiger partial charge in [0.15, 0.2) is 16.6 Å². The number of carbonyl (C=O) groups excluding carboxylic acids is 1. The number of methoxy groups -OCH3 is 3. The van der Waals surface area contributed by atoms with Crippen molar-refractivity contribution in [2.75, 3.05) is 26.6 Å². The number of thiazole rings is 1. The molecule has 1 N–H and O–H groups in total. The molecular weight excluding hydrogens is 364 g/mol. The molecular formula is C20H20N2O4S. The molecule has 0 saturated carbocycles. The summed E-state index contributed by atoms with van der Waals surface area (Å²) in [4.78, 5) is 17.2. The van der Waals surface area contributed by atoms with E-state index in [0.29, 0.717) is 34.4 Å². The van der Waals surface area contributed by atoms with E-state index < -0.39 is 0 Å². The largest absolute Gasteiger partial charge is 0.494 e. The van der Waals surface area contributed by atoms with Crippen molar-refractivity contribution >= 4 is 32.6 Å². The van der Waals surface area contributed by atoms with Gasteiger partial charge in [-0.2, -0.15) is 0 Å². The van der Waals surface area contributed by atoms with Crippen molar-refractivity contribution < 1.29 is 19.0 Å². The lowest BCUT2D eigenvalue weighted by Gasteiger charge is -2.14. The Balaban J connectivity index is 1.94. The third-order valence-electron chi connectivity index (χ3n) is 4.00. The van der Waals surface area contributed by atoms with E-state index in [-0.39, 0.29) is 5.91 Å². The lowest BCUT2D eigenvalue weighted by Crippen LogP contribution is -2.12. The fraction of sp³-hybridized carbons (Fsp3) is 0.200. The molecule has 0 radical (unpaired) electrons. The minimum absolute atomic E-state index is 0.278. The van der Waals surface area contributed by atoms with E-state index >= 15 is 0 Å². The van der Waals surface area contributed by atoms with Gasteiger partial charge in [-0.1, -0.05) is 23.5 Å². The lowest BCUT2D eigenvalue weighted by molar-refractivity contribution is 0.102. The molecule has 0 spiro atoms. The zero-order valence-electron chi connectivity index (χ0n) is 15.4. The molecule has 0 saturated heterocycles. The topological polar surface area (TPSA) is 69.7 Å². The highest BCUT2D eigenvalue weighted by Crippen LogP contribution is 2.35. The van der Waals surface area contributed by atoms with Crippen molar-refractivity contribution in [3.05, 3.63) is 54.1 Å². The number of anilines is 1. The molecule has 2 aromatic carbocycles. The summed E-state index contributed by atoms with van der Waals surface area (Å²) in [5, 5.41) is 3.35. The molecule has 0 atom stereocenters. The average molecular weight is 384 g/mol. The predicted octanol–water partition coefficient (Wildman–Crippen LogP) is 4.30. The van der Waals surface area contributed by atoms with Crippen LogP contribution in [-0.2, 0) is 6.42 Å². The van der Waals surface area contributed by atoms with Gasteiger partial charge >= 0.3 is 0 Å². The van der Waals surface area contributed by atoms with Crippen LogP contribution in [0.15, 0.2) is 43.0 Å². The molecule has 1 aromatic heterocycles. The number of para-hydroxylation sites is 1. The van der Waals surface area contributed by atoms with E-state index in [9.17, 15) is 4.79 Å². The molecule has 3 rings (SSSR count). The summed E-state index contributed by atoms with van der Waals surface area (Å²) < 4.78 is 17.0. The Morgan fingerprint density at radius 3 is 2.63 bits per heavy atom. The second-order valence-electron chi connectivity index (χ2n) is 5.64. The Kier molecular flexibility index (Phi) is 5.61. The third kappa shape index (κ3) is 3.73. The Hall–Kier alpha value is -3.06. The number of allylic oxidation sites excluding steroid dienone is 1. The van der Waals surface area contributed by atoms with Gasteiger partial charge in [0.25, 0.3) is 5.91 Å². The number of nitrogens with zero attached hydrogens (tertiary/aromatic N) is 1. The molecule has 0 unspecified atom stereocenters. The second kappa shape index (κ2) is 8.09. The molecule has 0 bridgehead atoms. The van der Waals surface area contributed by atoms with Crippen LogP contribution in [0.2, 0.25) is 0 Å². The molecule has 1 heterocycles. The minimum Gasteiger partial charge on any atom is -0.494 e. The van der Waals surface area contributed by atoms with Crippen molar-refractivity contribution in [1.82, 2.24) is 4.98 Å². The van der Waals surface area contributed by atoms with Gasteiger partial charge in [-0.15, -0.1) is 6.58 Å². The van der Waals surface area contributed by atoms with Gasteiger partial charge in [-0.05, 0) is 30.7 Å². The maximum atomic E-state index is 12.8. The lowest BCUT2D eigenvalue weighted by atomic mass is 10.1. The van der Waals surface area contributed by atoms with Crippen molar-refractivity contribution in [2.24, 2.45) is 0 Å². The molecule has 140 valence electrons. The SMILES string of the molecule is C=CCc1cc(C(=O)Nc2nc3c(OC)cccc3s2)cc(OC)c1OC. The maximum absolute atomic E-state index is 12.8. The molecule has 27 heavy (non-hydrogen) atoms. The van der Waals surface area contributed by atoms with Crippen LogP contribution in [0.5, 0.6) is 17.2 Å². The van der Waals surface area contributed by atoms with E-state index in [2.05, 4.69) is 16.9 Å². The van der Waals surface area contributed by atoms with Gasteiger partial charge in [0, 0.05) is 11.1 Å². The van der Waals surface area contributed by atoms with Gasteiger partial charge < -0.3 is 14.2 Å². The zero-order chi connectivity index (χ0) is 19.4. The summed E-state index contributed by atoms with van der Waals surface area (Å²) in [7, 11) is 4.70. The molecule has 0 aliphatic carbocycles. The molecule has 0 fully saturated rings. The Bertz CT molecular complexity index is 997. The molecule has 1 amide bonds. The number of rotatable bonds is 7. The van der Waals surface area contributed by atoms with Crippen LogP contribution >= 0.6 is 11.3 Å². The number of carbonyl (C=O) groups is 1. The summed E-state index contributed by atoms with van der Waals surface area (Å²) in [6, 6.07) is 9.08. The number of amides is 1. The normalized spacial score (nSPS) is 10.5. The number of ether oxygens (including phenoxy) is 3. The van der Waals surface area contributed by atoms with Crippen molar-refractivity contribution in [3.8, 4) is 17.2 Å². The Labute approximate surface area is 161 Å². The van der Waals surface area contributed by atoms with Crippen LogP contribution in [0.25, 0.3) is 10.2 Å². The predicted molar refractivity (Wildman–Crippen MR) is 108 cm³/mol. The number of aromatic nitrogens is 1. The first-order chi connectivity index (χ1) is 13.1. The van der Waals surface area contributed by atoms with Gasteiger partial charge in [-0.3, -0.25) is 10.1 Å². The number of fused-ring (bicyclic) bond motifs is 1. The van der Waals surface area contributed by atoms with E-state index in [4.69, 9.17) is 14.2 Å². The first kappa shape index (κ1) is 18.7. The van der Waals surface area contributed by atoms with Crippen LogP contribution in [0.3, 0.4) is 0 Å². The molecule has 3 aromatic rings. The standard InChI is InChI=1S/C20H20N2O4S/c1-5-7-12-10-13(11-15(25-3)18(12)26-4)19(23)22-20-21-17-14(24-2)8-6-9-16(17)27-20/h5-6,8-11H,1,7H2,2-4H3,(H,21,22,23). The summed E-state index contributed by atoms with van der Waals surface area (Å²) in [5.41, 5.74) is 2.00. The number of hydrogen-bond donors (Lipinski definition) is 1. The number of hydrogen-bond acceptors (Lipinski definition) is 6. The smallest absolute Gasteiger partial charge is 0.257 e. The summed E-state index contributed by atoms with van der Waals surface area (Å²) in [6.45, 7) is 3.75. The van der Waals surface area contributed by atoms with Crippen molar-refractivity contribution in [1.29, 1.82) is 0 Å². The van der Waals surface area contributed by atoms with Crippen molar-refractivity contribution in [3.63, 3.8) is 0 Å².